The van der Waals surface area contributed by atoms with Gasteiger partial charge in [-0.2, -0.15) is 0 Å². The van der Waals surface area contributed by atoms with Gasteiger partial charge < -0.3 is 10.2 Å². The molecule has 0 unspecified atom stereocenters. The van der Waals surface area contributed by atoms with E-state index in [0.29, 0.717) is 11.3 Å². The number of carbonyl (C=O) groups excluding carboxylic acids is 1. The van der Waals surface area contributed by atoms with Gasteiger partial charge in [-0.3, -0.25) is 4.79 Å². The van der Waals surface area contributed by atoms with Crippen molar-refractivity contribution in [3.63, 3.8) is 0 Å². The third-order valence-electron chi connectivity index (χ3n) is 4.99. The number of halogens is 1. The number of hydrogen-bond donors (Lipinski definition) is 1. The summed E-state index contributed by atoms with van der Waals surface area (Å²) in [6.07, 6.45) is 3.54. The van der Waals surface area contributed by atoms with Crippen molar-refractivity contribution in [2.75, 3.05) is 29.1 Å². The molecule has 1 fully saturated rings. The van der Waals surface area contributed by atoms with E-state index in [2.05, 4.69) is 10.2 Å². The molecule has 1 aliphatic heterocycles. The largest absolute Gasteiger partial charge is 0.341 e. The second-order valence-electron chi connectivity index (χ2n) is 7.19. The highest BCUT2D eigenvalue weighted by atomic mass is 32.2. The Bertz CT molecular complexity index is 1040. The van der Waals surface area contributed by atoms with Gasteiger partial charge in [0.25, 0.3) is 0 Å². The minimum atomic E-state index is -0.330. The lowest BCUT2D eigenvalue weighted by Gasteiger charge is -2.27. The van der Waals surface area contributed by atoms with Crippen LogP contribution in [0.25, 0.3) is 10.9 Å². The van der Waals surface area contributed by atoms with Crippen LogP contribution in [0.1, 0.15) is 24.8 Å². The first-order valence-electron chi connectivity index (χ1n) is 9.81. The summed E-state index contributed by atoms with van der Waals surface area (Å²) >= 11 is 1.38. The lowest BCUT2D eigenvalue weighted by atomic mass is 10.1. The van der Waals surface area contributed by atoms with Crippen LogP contribution in [0.3, 0.4) is 0 Å². The molecule has 0 bridgehead atoms. The highest BCUT2D eigenvalue weighted by molar-refractivity contribution is 8.00. The molecule has 0 atom stereocenters. The van der Waals surface area contributed by atoms with Crippen LogP contribution >= 0.6 is 11.8 Å². The quantitative estimate of drug-likeness (QED) is 0.484. The highest BCUT2D eigenvalue weighted by Gasteiger charge is 2.17. The number of aryl methyl sites for hydroxylation is 1. The molecule has 2 heterocycles. The number of thioether (sulfide) groups is 1. The molecular weight excluding hydrogens is 387 g/mol. The number of nitrogens with zero attached hydrogens (tertiary/aromatic N) is 3. The maximum absolute atomic E-state index is 13.7. The van der Waals surface area contributed by atoms with Gasteiger partial charge in [0.2, 0.25) is 11.9 Å². The third-order valence-corrected chi connectivity index (χ3v) is 5.98. The van der Waals surface area contributed by atoms with E-state index in [4.69, 9.17) is 9.97 Å². The summed E-state index contributed by atoms with van der Waals surface area (Å²) < 4.78 is 13.7. The predicted octanol–water partition coefficient (Wildman–Crippen LogP) is 4.80. The van der Waals surface area contributed by atoms with Gasteiger partial charge in [-0.25, -0.2) is 14.4 Å². The Morgan fingerprint density at radius 2 is 1.93 bits per heavy atom. The first-order valence-corrected chi connectivity index (χ1v) is 10.8. The van der Waals surface area contributed by atoms with Gasteiger partial charge >= 0.3 is 0 Å². The number of aromatic nitrogens is 2. The normalized spacial score (nSPS) is 14.2. The van der Waals surface area contributed by atoms with E-state index in [9.17, 15) is 9.18 Å². The molecule has 1 amide bonds. The summed E-state index contributed by atoms with van der Waals surface area (Å²) in [5.74, 6) is 0.395. The van der Waals surface area contributed by atoms with E-state index >= 15 is 0 Å². The Morgan fingerprint density at radius 1 is 1.14 bits per heavy atom. The van der Waals surface area contributed by atoms with E-state index in [0.717, 1.165) is 47.8 Å². The third kappa shape index (κ3) is 4.67. The maximum atomic E-state index is 13.7. The second-order valence-corrected chi connectivity index (χ2v) is 8.16. The zero-order chi connectivity index (χ0) is 20.2. The topological polar surface area (TPSA) is 58.1 Å². The molecule has 1 saturated heterocycles. The van der Waals surface area contributed by atoms with Crippen molar-refractivity contribution in [1.29, 1.82) is 0 Å². The number of benzene rings is 2. The van der Waals surface area contributed by atoms with Crippen LogP contribution in [0.4, 0.5) is 16.0 Å². The van der Waals surface area contributed by atoms with Crippen molar-refractivity contribution in [1.82, 2.24) is 9.97 Å². The zero-order valence-corrected chi connectivity index (χ0v) is 17.1. The molecule has 0 aliphatic carbocycles. The van der Waals surface area contributed by atoms with Crippen molar-refractivity contribution in [2.45, 2.75) is 31.2 Å². The number of hydrogen-bond acceptors (Lipinski definition) is 5. The molecule has 4 rings (SSSR count). The molecule has 2 aromatic carbocycles. The average molecular weight is 411 g/mol. The number of amides is 1. The molecule has 0 saturated carbocycles. The van der Waals surface area contributed by atoms with Gasteiger partial charge in [0.15, 0.2) is 0 Å². The first-order chi connectivity index (χ1) is 14.1. The lowest BCUT2D eigenvalue weighted by Crippen LogP contribution is -2.31. The number of rotatable bonds is 5. The fourth-order valence-corrected chi connectivity index (χ4v) is 4.20. The van der Waals surface area contributed by atoms with Gasteiger partial charge in [0.05, 0.1) is 11.3 Å². The van der Waals surface area contributed by atoms with Gasteiger partial charge in [-0.1, -0.05) is 36.0 Å². The van der Waals surface area contributed by atoms with E-state index in [-0.39, 0.29) is 17.5 Å². The van der Waals surface area contributed by atoms with Crippen LogP contribution in [0, 0.1) is 12.7 Å². The Balaban J connectivity index is 1.51. The Morgan fingerprint density at radius 3 is 2.72 bits per heavy atom. The van der Waals surface area contributed by atoms with E-state index < -0.39 is 0 Å². The smallest absolute Gasteiger partial charge is 0.234 e. The minimum absolute atomic E-state index is 0.190. The molecule has 0 spiro atoms. The van der Waals surface area contributed by atoms with Crippen LogP contribution in [-0.4, -0.2) is 34.7 Å². The lowest BCUT2D eigenvalue weighted by molar-refractivity contribution is -0.113. The van der Waals surface area contributed by atoms with Crippen molar-refractivity contribution in [3.05, 3.63) is 53.8 Å². The number of para-hydroxylation sites is 1. The molecule has 5 nitrogen and oxygen atoms in total. The van der Waals surface area contributed by atoms with Crippen LogP contribution in [-0.2, 0) is 4.79 Å². The molecule has 150 valence electrons. The molecule has 1 aliphatic rings. The summed E-state index contributed by atoms with van der Waals surface area (Å²) in [4.78, 5) is 24.1. The summed E-state index contributed by atoms with van der Waals surface area (Å²) in [6, 6.07) is 12.6. The van der Waals surface area contributed by atoms with E-state index in [1.54, 1.807) is 19.1 Å². The maximum Gasteiger partial charge on any atom is 0.234 e. The number of anilines is 2. The fourth-order valence-electron chi connectivity index (χ4n) is 3.38. The standard InChI is InChI=1S/C22H23FN4OS/c1-15-9-10-16(13-18(15)23)24-20(28)14-29-21-17-7-3-4-8-19(17)25-22(26-21)27-11-5-2-6-12-27/h3-4,7-10,13H,2,5-6,11-12,14H2,1H3,(H,24,28). The summed E-state index contributed by atoms with van der Waals surface area (Å²) in [5, 5.41) is 4.48. The average Bonchev–Trinajstić information content (AvgIpc) is 2.75. The van der Waals surface area contributed by atoms with Crippen LogP contribution < -0.4 is 10.2 Å². The van der Waals surface area contributed by atoms with Crippen LogP contribution in [0.5, 0.6) is 0 Å². The Kier molecular flexibility index (Phi) is 5.94. The van der Waals surface area contributed by atoms with E-state index in [1.807, 2.05) is 24.3 Å². The van der Waals surface area contributed by atoms with E-state index in [1.165, 1.54) is 24.2 Å². The summed E-state index contributed by atoms with van der Waals surface area (Å²) in [5.41, 5.74) is 1.89. The monoisotopic (exact) mass is 410 g/mol. The van der Waals surface area contributed by atoms with Crippen LogP contribution in [0.15, 0.2) is 47.5 Å². The number of fused-ring (bicyclic) bond motifs is 1. The van der Waals surface area contributed by atoms with Gasteiger partial charge in [-0.05, 0) is 49.9 Å². The first kappa shape index (κ1) is 19.6. The number of carbonyl (C=O) groups is 1. The van der Waals surface area contributed by atoms with Crippen molar-refractivity contribution in [2.24, 2.45) is 0 Å². The predicted molar refractivity (Wildman–Crippen MR) is 116 cm³/mol. The van der Waals surface area contributed by atoms with Gasteiger partial charge in [-0.15, -0.1) is 0 Å². The van der Waals surface area contributed by atoms with Crippen molar-refractivity contribution in [3.8, 4) is 0 Å². The number of nitrogens with one attached hydrogen (secondary N) is 1. The van der Waals surface area contributed by atoms with Gasteiger partial charge in [0.1, 0.15) is 10.8 Å². The Hall–Kier alpha value is -2.67. The second kappa shape index (κ2) is 8.78. The Labute approximate surface area is 173 Å². The van der Waals surface area contributed by atoms with Crippen molar-refractivity contribution >= 4 is 40.2 Å². The molecule has 7 heteroatoms. The zero-order valence-electron chi connectivity index (χ0n) is 16.3. The fraction of sp³-hybridized carbons (Fsp3) is 0.318. The van der Waals surface area contributed by atoms with Gasteiger partial charge in [0, 0.05) is 24.2 Å². The number of piperidine rings is 1. The molecule has 1 aromatic heterocycles. The molecule has 29 heavy (non-hydrogen) atoms. The molecule has 0 radical (unpaired) electrons. The SMILES string of the molecule is Cc1ccc(NC(=O)CSc2nc(N3CCCCC3)nc3ccccc23)cc1F. The minimum Gasteiger partial charge on any atom is -0.341 e. The summed E-state index contributed by atoms with van der Waals surface area (Å²) in [7, 11) is 0. The van der Waals surface area contributed by atoms with Crippen LogP contribution in [0.2, 0.25) is 0 Å². The molecule has 1 N–H and O–H groups in total. The van der Waals surface area contributed by atoms with Crippen molar-refractivity contribution < 1.29 is 9.18 Å². The molecular formula is C22H23FN4OS. The summed E-state index contributed by atoms with van der Waals surface area (Å²) in [6.45, 7) is 3.61. The highest BCUT2D eigenvalue weighted by Crippen LogP contribution is 2.28. The molecule has 3 aromatic rings.